The van der Waals surface area contributed by atoms with Gasteiger partial charge in [0.2, 0.25) is 0 Å². The first-order chi connectivity index (χ1) is 14.6. The van der Waals surface area contributed by atoms with Gasteiger partial charge in [-0.15, -0.1) is 0 Å². The van der Waals surface area contributed by atoms with E-state index < -0.39 is 9.84 Å². The number of rotatable bonds is 7. The Morgan fingerprint density at radius 2 is 1.87 bits per heavy atom. The summed E-state index contributed by atoms with van der Waals surface area (Å²) in [6.45, 7) is 7.59. The van der Waals surface area contributed by atoms with Gasteiger partial charge in [0.15, 0.2) is 20.8 Å². The third-order valence-electron chi connectivity index (χ3n) is 4.90. The van der Waals surface area contributed by atoms with Crippen molar-refractivity contribution in [3.8, 4) is 5.75 Å². The van der Waals surface area contributed by atoms with Gasteiger partial charge in [0, 0.05) is 38.9 Å². The van der Waals surface area contributed by atoms with Crippen molar-refractivity contribution in [1.82, 2.24) is 9.88 Å². The van der Waals surface area contributed by atoms with Gasteiger partial charge < -0.3 is 14.5 Å². The van der Waals surface area contributed by atoms with Gasteiger partial charge in [-0.3, -0.25) is 9.59 Å². The Bertz CT molecular complexity index is 1070. The molecule has 1 amide bonds. The van der Waals surface area contributed by atoms with E-state index in [9.17, 15) is 18.0 Å². The van der Waals surface area contributed by atoms with Crippen molar-refractivity contribution in [2.24, 2.45) is 0 Å². The van der Waals surface area contributed by atoms with Crippen LogP contribution in [0.1, 0.15) is 47.2 Å². The minimum atomic E-state index is -3.46. The number of hydrogen-bond donors (Lipinski definition) is 0. The number of sulfone groups is 1. The predicted molar refractivity (Wildman–Crippen MR) is 120 cm³/mol. The maximum Gasteiger partial charge on any atom is 0.257 e. The second-order valence-electron chi connectivity index (χ2n) is 7.66. The molecule has 1 aromatic heterocycles. The fourth-order valence-electron chi connectivity index (χ4n) is 3.25. The number of thiazole rings is 1. The molecule has 3 rings (SSSR count). The van der Waals surface area contributed by atoms with Gasteiger partial charge >= 0.3 is 0 Å². The molecule has 0 unspecified atom stereocenters. The van der Waals surface area contributed by atoms with Crippen LogP contribution >= 0.6 is 11.3 Å². The summed E-state index contributed by atoms with van der Waals surface area (Å²) in [6.07, 6.45) is 3.01. The standard InChI is InChI=1S/C21H27N3O5S2/c1-5-17(25)19-13-22-21(30-19)24-10-8-23(9-11-24)20(26)16-12-15(31(4,27)28)6-7-18(16)29-14(2)3/h6-7,12-14H,5,8-11H2,1-4H3. The summed E-state index contributed by atoms with van der Waals surface area (Å²) in [5, 5.41) is 0.770. The highest BCUT2D eigenvalue weighted by atomic mass is 32.2. The van der Waals surface area contributed by atoms with Gasteiger partial charge in [0.05, 0.1) is 27.6 Å². The molecule has 8 nitrogen and oxygen atoms in total. The Hall–Kier alpha value is -2.46. The minimum absolute atomic E-state index is 0.0704. The highest BCUT2D eigenvalue weighted by Crippen LogP contribution is 2.28. The van der Waals surface area contributed by atoms with Crippen LogP contribution in [-0.2, 0) is 9.84 Å². The van der Waals surface area contributed by atoms with E-state index in [0.29, 0.717) is 43.2 Å². The summed E-state index contributed by atoms with van der Waals surface area (Å²) in [5.74, 6) is 0.181. The highest BCUT2D eigenvalue weighted by molar-refractivity contribution is 7.90. The van der Waals surface area contributed by atoms with Crippen molar-refractivity contribution >= 4 is 38.0 Å². The zero-order valence-electron chi connectivity index (χ0n) is 18.1. The van der Waals surface area contributed by atoms with Crippen molar-refractivity contribution in [3.05, 3.63) is 34.8 Å². The molecule has 10 heteroatoms. The lowest BCUT2D eigenvalue weighted by Gasteiger charge is -2.35. The number of benzene rings is 1. The smallest absolute Gasteiger partial charge is 0.257 e. The van der Waals surface area contributed by atoms with Gasteiger partial charge in [0.1, 0.15) is 5.75 Å². The topological polar surface area (TPSA) is 96.9 Å². The Morgan fingerprint density at radius 3 is 2.45 bits per heavy atom. The number of amides is 1. The lowest BCUT2D eigenvalue weighted by atomic mass is 10.1. The molecule has 0 saturated carbocycles. The van der Waals surface area contributed by atoms with Gasteiger partial charge in [-0.1, -0.05) is 18.3 Å². The van der Waals surface area contributed by atoms with E-state index in [1.807, 2.05) is 20.8 Å². The second kappa shape index (κ2) is 9.35. The Morgan fingerprint density at radius 1 is 1.19 bits per heavy atom. The number of ketones is 1. The molecule has 1 aliphatic rings. The molecule has 0 spiro atoms. The molecule has 0 atom stereocenters. The van der Waals surface area contributed by atoms with E-state index in [-0.39, 0.29) is 28.3 Å². The van der Waals surface area contributed by atoms with E-state index in [1.54, 1.807) is 17.2 Å². The molecule has 0 radical (unpaired) electrons. The van der Waals surface area contributed by atoms with Crippen LogP contribution < -0.4 is 9.64 Å². The average Bonchev–Trinajstić information content (AvgIpc) is 3.22. The number of aromatic nitrogens is 1. The highest BCUT2D eigenvalue weighted by Gasteiger charge is 2.27. The van der Waals surface area contributed by atoms with Crippen LogP contribution in [-0.4, -0.2) is 68.5 Å². The van der Waals surface area contributed by atoms with Crippen LogP contribution in [0.5, 0.6) is 5.75 Å². The first-order valence-corrected chi connectivity index (χ1v) is 12.8. The number of nitrogens with zero attached hydrogens (tertiary/aromatic N) is 3. The van der Waals surface area contributed by atoms with Crippen LogP contribution in [0.2, 0.25) is 0 Å². The summed E-state index contributed by atoms with van der Waals surface area (Å²) in [7, 11) is -3.46. The van der Waals surface area contributed by atoms with Crippen molar-refractivity contribution in [1.29, 1.82) is 0 Å². The number of carbonyl (C=O) groups excluding carboxylic acids is 2. The van der Waals surface area contributed by atoms with E-state index in [2.05, 4.69) is 9.88 Å². The van der Waals surface area contributed by atoms with Crippen molar-refractivity contribution in [2.45, 2.75) is 38.2 Å². The maximum atomic E-state index is 13.2. The number of piperazine rings is 1. The van der Waals surface area contributed by atoms with Crippen molar-refractivity contribution in [2.75, 3.05) is 37.3 Å². The molecule has 1 saturated heterocycles. The Balaban J connectivity index is 1.76. The van der Waals surface area contributed by atoms with E-state index in [4.69, 9.17) is 4.74 Å². The van der Waals surface area contributed by atoms with Crippen LogP contribution in [0.15, 0.2) is 29.3 Å². The van der Waals surface area contributed by atoms with E-state index in [1.165, 1.54) is 23.5 Å². The monoisotopic (exact) mass is 465 g/mol. The summed E-state index contributed by atoms with van der Waals surface area (Å²) in [5.41, 5.74) is 0.246. The van der Waals surface area contributed by atoms with Crippen LogP contribution in [0.4, 0.5) is 5.13 Å². The van der Waals surface area contributed by atoms with Crippen LogP contribution in [0, 0.1) is 0 Å². The van der Waals surface area contributed by atoms with E-state index >= 15 is 0 Å². The minimum Gasteiger partial charge on any atom is -0.490 e. The number of Topliss-reactive ketones (excluding diaryl/α,β-unsaturated/α-hetero) is 1. The first kappa shape index (κ1) is 23.2. The number of carbonyl (C=O) groups is 2. The molecule has 0 aliphatic carbocycles. The zero-order valence-corrected chi connectivity index (χ0v) is 19.8. The van der Waals surface area contributed by atoms with Gasteiger partial charge in [0.25, 0.3) is 5.91 Å². The van der Waals surface area contributed by atoms with Crippen LogP contribution in [0.25, 0.3) is 0 Å². The quantitative estimate of drug-likeness (QED) is 0.580. The fourth-order valence-corrected chi connectivity index (χ4v) is 4.87. The molecular formula is C21H27N3O5S2. The molecule has 31 heavy (non-hydrogen) atoms. The molecule has 1 fully saturated rings. The number of anilines is 1. The average molecular weight is 466 g/mol. The second-order valence-corrected chi connectivity index (χ2v) is 10.7. The lowest BCUT2D eigenvalue weighted by molar-refractivity contribution is 0.0740. The maximum absolute atomic E-state index is 13.2. The Kier molecular flexibility index (Phi) is 7.00. The normalized spacial score (nSPS) is 14.7. The summed E-state index contributed by atoms with van der Waals surface area (Å²) >= 11 is 1.37. The molecule has 0 bridgehead atoms. The van der Waals surface area contributed by atoms with Gasteiger partial charge in [-0.2, -0.15) is 0 Å². The molecule has 2 heterocycles. The summed E-state index contributed by atoms with van der Waals surface area (Å²) in [6, 6.07) is 4.40. The third-order valence-corrected chi connectivity index (χ3v) is 7.11. The van der Waals surface area contributed by atoms with Gasteiger partial charge in [-0.05, 0) is 32.0 Å². The first-order valence-electron chi connectivity index (χ1n) is 10.1. The third kappa shape index (κ3) is 5.43. The molecule has 1 aliphatic heterocycles. The summed E-state index contributed by atoms with van der Waals surface area (Å²) in [4.78, 5) is 33.9. The predicted octanol–water partition coefficient (Wildman–Crippen LogP) is 2.89. The van der Waals surface area contributed by atoms with E-state index in [0.717, 1.165) is 11.4 Å². The number of ether oxygens (including phenoxy) is 1. The lowest BCUT2D eigenvalue weighted by Crippen LogP contribution is -2.48. The zero-order chi connectivity index (χ0) is 22.8. The molecule has 0 N–H and O–H groups in total. The van der Waals surface area contributed by atoms with Crippen molar-refractivity contribution < 1.29 is 22.7 Å². The largest absolute Gasteiger partial charge is 0.490 e. The Labute approximate surface area is 186 Å². The SMILES string of the molecule is CCC(=O)c1cnc(N2CCN(C(=O)c3cc(S(C)(=O)=O)ccc3OC(C)C)CC2)s1. The van der Waals surface area contributed by atoms with Crippen LogP contribution in [0.3, 0.4) is 0 Å². The molecular weight excluding hydrogens is 438 g/mol. The molecule has 168 valence electrons. The van der Waals surface area contributed by atoms with Crippen molar-refractivity contribution in [3.63, 3.8) is 0 Å². The van der Waals surface area contributed by atoms with Gasteiger partial charge in [-0.25, -0.2) is 13.4 Å². The molecule has 2 aromatic rings. The summed E-state index contributed by atoms with van der Waals surface area (Å²) < 4.78 is 29.7. The fraction of sp³-hybridized carbons (Fsp3) is 0.476. The molecule has 1 aromatic carbocycles. The number of hydrogen-bond acceptors (Lipinski definition) is 8.